The Morgan fingerprint density at radius 1 is 1.24 bits per heavy atom. The van der Waals surface area contributed by atoms with Gasteiger partial charge in [0.05, 0.1) is 12.6 Å². The highest BCUT2D eigenvalue weighted by Gasteiger charge is 2.28. The van der Waals surface area contributed by atoms with Crippen LogP contribution < -0.4 is 0 Å². The maximum Gasteiger partial charge on any atom is 0.236 e. The summed E-state index contributed by atoms with van der Waals surface area (Å²) in [5, 5.41) is 9.44. The fourth-order valence-corrected chi connectivity index (χ4v) is 3.11. The van der Waals surface area contributed by atoms with Gasteiger partial charge in [-0.2, -0.15) is 0 Å². The number of rotatable bonds is 2. The third-order valence-electron chi connectivity index (χ3n) is 3.83. The summed E-state index contributed by atoms with van der Waals surface area (Å²) < 4.78 is 0. The average molecular weight is 240 g/mol. The second kappa shape index (κ2) is 5.36. The second-order valence-corrected chi connectivity index (χ2v) is 5.92. The van der Waals surface area contributed by atoms with Crippen LogP contribution in [0.5, 0.6) is 0 Å². The number of piperidine rings is 1. The van der Waals surface area contributed by atoms with Crippen LogP contribution >= 0.6 is 0 Å². The van der Waals surface area contributed by atoms with Crippen LogP contribution in [0.25, 0.3) is 0 Å². The van der Waals surface area contributed by atoms with Crippen LogP contribution in [-0.4, -0.2) is 59.6 Å². The molecule has 2 aliphatic rings. The minimum Gasteiger partial charge on any atom is -0.392 e. The summed E-state index contributed by atoms with van der Waals surface area (Å²) in [4.78, 5) is 16.2. The lowest BCUT2D eigenvalue weighted by Gasteiger charge is -2.35. The number of nitrogens with zero attached hydrogens (tertiary/aromatic N) is 2. The molecule has 4 heteroatoms. The number of aliphatic hydroxyl groups is 1. The lowest BCUT2D eigenvalue weighted by atomic mass is 9.92. The molecule has 0 aliphatic carbocycles. The summed E-state index contributed by atoms with van der Waals surface area (Å²) in [6.45, 7) is 8.23. The van der Waals surface area contributed by atoms with Gasteiger partial charge in [-0.3, -0.25) is 9.69 Å². The molecule has 2 fully saturated rings. The molecule has 0 bridgehead atoms. The maximum atomic E-state index is 12.2. The lowest BCUT2D eigenvalue weighted by molar-refractivity contribution is -0.134. The molecule has 2 aliphatic heterocycles. The van der Waals surface area contributed by atoms with E-state index in [9.17, 15) is 9.90 Å². The Balaban J connectivity index is 1.82. The molecule has 2 rings (SSSR count). The number of carbonyl (C=O) groups excluding carboxylic acids is 1. The summed E-state index contributed by atoms with van der Waals surface area (Å²) >= 11 is 0. The monoisotopic (exact) mass is 240 g/mol. The number of carbonyl (C=O) groups is 1. The molecule has 0 radical (unpaired) electrons. The van der Waals surface area contributed by atoms with Crippen LogP contribution in [0.2, 0.25) is 0 Å². The number of aliphatic hydroxyl groups excluding tert-OH is 1. The van der Waals surface area contributed by atoms with Gasteiger partial charge in [0.1, 0.15) is 0 Å². The molecule has 98 valence electrons. The maximum absolute atomic E-state index is 12.2. The zero-order chi connectivity index (χ0) is 12.4. The van der Waals surface area contributed by atoms with E-state index in [-0.39, 0.29) is 12.0 Å². The Labute approximate surface area is 104 Å². The molecule has 4 nitrogen and oxygen atoms in total. The first-order valence-electron chi connectivity index (χ1n) is 6.72. The largest absolute Gasteiger partial charge is 0.392 e. The number of hydrogen-bond acceptors (Lipinski definition) is 3. The van der Waals surface area contributed by atoms with Gasteiger partial charge in [-0.1, -0.05) is 13.8 Å². The van der Waals surface area contributed by atoms with Crippen molar-refractivity contribution < 1.29 is 9.90 Å². The highest BCUT2D eigenvalue weighted by Crippen LogP contribution is 2.21. The van der Waals surface area contributed by atoms with Gasteiger partial charge >= 0.3 is 0 Å². The van der Waals surface area contributed by atoms with Crippen molar-refractivity contribution in [3.63, 3.8) is 0 Å². The summed E-state index contributed by atoms with van der Waals surface area (Å²) in [5.41, 5.74) is 0. The van der Waals surface area contributed by atoms with Gasteiger partial charge < -0.3 is 10.0 Å². The summed E-state index contributed by atoms with van der Waals surface area (Å²) in [5.74, 6) is 1.47. The Hall–Kier alpha value is -0.610. The second-order valence-electron chi connectivity index (χ2n) is 5.92. The first kappa shape index (κ1) is 12.8. The van der Waals surface area contributed by atoms with Crippen LogP contribution in [-0.2, 0) is 4.79 Å². The first-order valence-corrected chi connectivity index (χ1v) is 6.72. The molecule has 2 heterocycles. The zero-order valence-electron chi connectivity index (χ0n) is 10.9. The van der Waals surface area contributed by atoms with Crippen molar-refractivity contribution in [2.45, 2.75) is 32.8 Å². The number of hydrogen-bond donors (Lipinski definition) is 1. The van der Waals surface area contributed by atoms with Gasteiger partial charge in [0, 0.05) is 26.2 Å². The molecule has 0 saturated carbocycles. The van der Waals surface area contributed by atoms with Crippen molar-refractivity contribution in [1.29, 1.82) is 0 Å². The van der Waals surface area contributed by atoms with Gasteiger partial charge in [0.15, 0.2) is 0 Å². The highest BCUT2D eigenvalue weighted by molar-refractivity contribution is 5.78. The van der Waals surface area contributed by atoms with Crippen molar-refractivity contribution in [3.05, 3.63) is 0 Å². The number of likely N-dealkylation sites (tertiary alicyclic amines) is 2. The highest BCUT2D eigenvalue weighted by atomic mass is 16.3. The van der Waals surface area contributed by atoms with E-state index in [0.29, 0.717) is 24.9 Å². The van der Waals surface area contributed by atoms with Gasteiger partial charge in [-0.05, 0) is 24.7 Å². The molecule has 1 N–H and O–H groups in total. The topological polar surface area (TPSA) is 43.8 Å². The van der Waals surface area contributed by atoms with Crippen LogP contribution in [0.15, 0.2) is 0 Å². The molecule has 3 atom stereocenters. The molecule has 0 aromatic carbocycles. The lowest BCUT2D eigenvalue weighted by Crippen LogP contribution is -2.46. The third-order valence-corrected chi connectivity index (χ3v) is 3.83. The van der Waals surface area contributed by atoms with Crippen LogP contribution in [0.3, 0.4) is 0 Å². The summed E-state index contributed by atoms with van der Waals surface area (Å²) in [6, 6.07) is 0. The van der Waals surface area contributed by atoms with Crippen molar-refractivity contribution in [1.82, 2.24) is 9.80 Å². The molecule has 0 spiro atoms. The quantitative estimate of drug-likeness (QED) is 0.767. The molecule has 2 unspecified atom stereocenters. The van der Waals surface area contributed by atoms with Crippen molar-refractivity contribution >= 4 is 5.91 Å². The third kappa shape index (κ3) is 3.42. The standard InChI is InChI=1S/C13H24N2O2/c1-10-5-11(2)7-15(6-10)13(17)9-14-4-3-12(16)8-14/h10-12,16H,3-9H2,1-2H3/t10?,11?,12-/m1/s1. The van der Waals surface area contributed by atoms with E-state index in [4.69, 9.17) is 0 Å². The van der Waals surface area contributed by atoms with Crippen LogP contribution in [0.4, 0.5) is 0 Å². The van der Waals surface area contributed by atoms with E-state index in [0.717, 1.165) is 26.1 Å². The predicted octanol–water partition coefficient (Wildman–Crippen LogP) is 0.557. The molecular weight excluding hydrogens is 216 g/mol. The van der Waals surface area contributed by atoms with Crippen molar-refractivity contribution in [2.75, 3.05) is 32.7 Å². The van der Waals surface area contributed by atoms with Crippen LogP contribution in [0, 0.1) is 11.8 Å². The van der Waals surface area contributed by atoms with Gasteiger partial charge in [-0.15, -0.1) is 0 Å². The molecule has 0 aromatic heterocycles. The molecular formula is C13H24N2O2. The van der Waals surface area contributed by atoms with Crippen molar-refractivity contribution in [2.24, 2.45) is 11.8 Å². The van der Waals surface area contributed by atoms with E-state index in [2.05, 4.69) is 18.7 Å². The summed E-state index contributed by atoms with van der Waals surface area (Å²) in [6.07, 6.45) is 1.80. The van der Waals surface area contributed by atoms with E-state index < -0.39 is 0 Å². The predicted molar refractivity (Wildman–Crippen MR) is 66.6 cm³/mol. The normalized spacial score (nSPS) is 35.2. The van der Waals surface area contributed by atoms with Crippen LogP contribution in [0.1, 0.15) is 26.7 Å². The Morgan fingerprint density at radius 2 is 1.88 bits per heavy atom. The Morgan fingerprint density at radius 3 is 2.41 bits per heavy atom. The number of amides is 1. The van der Waals surface area contributed by atoms with E-state index >= 15 is 0 Å². The fraction of sp³-hybridized carbons (Fsp3) is 0.923. The van der Waals surface area contributed by atoms with Crippen molar-refractivity contribution in [3.8, 4) is 0 Å². The average Bonchev–Trinajstić information content (AvgIpc) is 2.62. The molecule has 0 aromatic rings. The molecule has 2 saturated heterocycles. The molecule has 1 amide bonds. The van der Waals surface area contributed by atoms with Gasteiger partial charge in [0.2, 0.25) is 5.91 Å². The Bertz CT molecular complexity index is 273. The molecule has 17 heavy (non-hydrogen) atoms. The zero-order valence-corrected chi connectivity index (χ0v) is 10.9. The summed E-state index contributed by atoms with van der Waals surface area (Å²) in [7, 11) is 0. The van der Waals surface area contributed by atoms with Gasteiger partial charge in [-0.25, -0.2) is 0 Å². The SMILES string of the molecule is CC1CC(C)CN(C(=O)CN2CC[C@@H](O)C2)C1. The smallest absolute Gasteiger partial charge is 0.236 e. The Kier molecular flexibility index (Phi) is 4.05. The first-order chi connectivity index (χ1) is 8.04. The fourth-order valence-electron chi connectivity index (χ4n) is 3.11. The minimum absolute atomic E-state index is 0.234. The van der Waals surface area contributed by atoms with Gasteiger partial charge in [0.25, 0.3) is 0 Å². The van der Waals surface area contributed by atoms with E-state index in [1.807, 2.05) is 4.90 Å². The van der Waals surface area contributed by atoms with E-state index in [1.165, 1.54) is 6.42 Å². The van der Waals surface area contributed by atoms with E-state index in [1.54, 1.807) is 0 Å². The minimum atomic E-state index is -0.234. The number of β-amino-alcohol motifs (C(OH)–C–C–N with tert-alkyl or cyclic N) is 1.